The molecule has 1 aliphatic heterocycles. The molecule has 2 atom stereocenters. The van der Waals surface area contributed by atoms with E-state index in [1.54, 1.807) is 0 Å². The van der Waals surface area contributed by atoms with Crippen molar-refractivity contribution in [2.24, 2.45) is 11.7 Å². The summed E-state index contributed by atoms with van der Waals surface area (Å²) in [7, 11) is 0. The first-order valence-electron chi connectivity index (χ1n) is 6.11. The first-order chi connectivity index (χ1) is 7.99. The fraction of sp³-hybridized carbons (Fsp3) is 0.615. The van der Waals surface area contributed by atoms with Crippen molar-refractivity contribution in [3.05, 3.63) is 23.2 Å². The number of nitrogens with zero attached hydrogens (tertiary/aromatic N) is 1. The van der Waals surface area contributed by atoms with Gasteiger partial charge in [0.1, 0.15) is 11.5 Å². The number of amides is 1. The normalized spacial score (nSPS) is 21.9. The van der Waals surface area contributed by atoms with Crippen molar-refractivity contribution in [3.63, 3.8) is 0 Å². The van der Waals surface area contributed by atoms with Gasteiger partial charge in [-0.3, -0.25) is 4.79 Å². The van der Waals surface area contributed by atoms with Crippen LogP contribution in [0, 0.1) is 19.8 Å². The van der Waals surface area contributed by atoms with Crippen molar-refractivity contribution >= 4 is 5.91 Å². The predicted octanol–water partition coefficient (Wildman–Crippen LogP) is 1.71. The molecule has 0 spiro atoms. The molecule has 0 saturated carbocycles. The Balaban J connectivity index is 2.09. The summed E-state index contributed by atoms with van der Waals surface area (Å²) >= 11 is 0. The monoisotopic (exact) mass is 236 g/mol. The van der Waals surface area contributed by atoms with Crippen LogP contribution in [0.25, 0.3) is 0 Å². The summed E-state index contributed by atoms with van der Waals surface area (Å²) < 4.78 is 5.40. The van der Waals surface area contributed by atoms with Gasteiger partial charge in [-0.1, -0.05) is 0 Å². The quantitative estimate of drug-likeness (QED) is 0.850. The van der Waals surface area contributed by atoms with Gasteiger partial charge >= 0.3 is 0 Å². The number of furan rings is 1. The van der Waals surface area contributed by atoms with Crippen LogP contribution in [0.2, 0.25) is 0 Å². The van der Waals surface area contributed by atoms with Crippen LogP contribution in [-0.2, 0) is 0 Å². The van der Waals surface area contributed by atoms with Gasteiger partial charge in [-0.05, 0) is 39.2 Å². The van der Waals surface area contributed by atoms with E-state index in [1.165, 1.54) is 0 Å². The molecule has 2 heterocycles. The number of aryl methyl sites for hydroxylation is 2. The van der Waals surface area contributed by atoms with Gasteiger partial charge in [-0.2, -0.15) is 0 Å². The lowest BCUT2D eigenvalue weighted by atomic mass is 10.0. The van der Waals surface area contributed by atoms with Crippen LogP contribution in [0.15, 0.2) is 10.5 Å². The summed E-state index contributed by atoms with van der Waals surface area (Å²) in [6.07, 6.45) is 0.999. The third-order valence-corrected chi connectivity index (χ3v) is 3.53. The molecule has 2 rings (SSSR count). The van der Waals surface area contributed by atoms with E-state index >= 15 is 0 Å². The number of carbonyl (C=O) groups is 1. The number of hydrogen-bond acceptors (Lipinski definition) is 3. The summed E-state index contributed by atoms with van der Waals surface area (Å²) in [6.45, 7) is 7.26. The van der Waals surface area contributed by atoms with Crippen LogP contribution >= 0.6 is 0 Å². The second-order valence-corrected chi connectivity index (χ2v) is 4.99. The Morgan fingerprint density at radius 1 is 1.59 bits per heavy atom. The second kappa shape index (κ2) is 4.53. The largest absolute Gasteiger partial charge is 0.466 e. The van der Waals surface area contributed by atoms with Crippen LogP contribution in [0.1, 0.15) is 35.2 Å². The predicted molar refractivity (Wildman–Crippen MR) is 65.8 cm³/mol. The lowest BCUT2D eigenvalue weighted by Crippen LogP contribution is -2.33. The topological polar surface area (TPSA) is 59.5 Å². The van der Waals surface area contributed by atoms with Gasteiger partial charge in [-0.25, -0.2) is 0 Å². The van der Waals surface area contributed by atoms with Gasteiger partial charge < -0.3 is 15.1 Å². The van der Waals surface area contributed by atoms with Gasteiger partial charge in [0.2, 0.25) is 0 Å². The first kappa shape index (κ1) is 12.2. The molecule has 1 aromatic heterocycles. The Morgan fingerprint density at radius 3 is 2.76 bits per heavy atom. The maximum atomic E-state index is 12.3. The molecular formula is C13H20N2O2. The molecule has 2 N–H and O–H groups in total. The molecule has 1 amide bonds. The smallest absolute Gasteiger partial charge is 0.257 e. The summed E-state index contributed by atoms with van der Waals surface area (Å²) in [5, 5.41) is 0. The zero-order valence-corrected chi connectivity index (χ0v) is 10.7. The van der Waals surface area contributed by atoms with Gasteiger partial charge in [0.25, 0.3) is 5.91 Å². The number of likely N-dealkylation sites (tertiary alicyclic amines) is 1. The van der Waals surface area contributed by atoms with Gasteiger partial charge in [-0.15, -0.1) is 0 Å². The summed E-state index contributed by atoms with van der Waals surface area (Å²) in [4.78, 5) is 14.2. The van der Waals surface area contributed by atoms with Gasteiger partial charge in [0.05, 0.1) is 5.56 Å². The van der Waals surface area contributed by atoms with E-state index < -0.39 is 0 Å². The number of carbonyl (C=O) groups excluding carboxylic acids is 1. The molecular weight excluding hydrogens is 216 g/mol. The Bertz CT molecular complexity index is 423. The maximum absolute atomic E-state index is 12.3. The van der Waals surface area contributed by atoms with E-state index in [9.17, 15) is 4.79 Å². The molecule has 1 aliphatic rings. The van der Waals surface area contributed by atoms with E-state index in [-0.39, 0.29) is 11.9 Å². The lowest BCUT2D eigenvalue weighted by Gasteiger charge is -2.17. The highest BCUT2D eigenvalue weighted by Gasteiger charge is 2.30. The Morgan fingerprint density at radius 2 is 2.29 bits per heavy atom. The molecule has 17 heavy (non-hydrogen) atoms. The SMILES string of the molecule is Cc1cc(C(=O)N2CCC(C(C)N)C2)c(C)o1. The fourth-order valence-corrected chi connectivity index (χ4v) is 2.41. The molecule has 0 bridgehead atoms. The van der Waals surface area contributed by atoms with E-state index in [1.807, 2.05) is 31.7 Å². The summed E-state index contributed by atoms with van der Waals surface area (Å²) in [6, 6.07) is 1.97. The van der Waals surface area contributed by atoms with Crippen LogP contribution in [0.4, 0.5) is 0 Å². The van der Waals surface area contributed by atoms with E-state index in [0.29, 0.717) is 17.2 Å². The minimum Gasteiger partial charge on any atom is -0.466 e. The van der Waals surface area contributed by atoms with Gasteiger partial charge in [0.15, 0.2) is 0 Å². The molecule has 0 aromatic carbocycles. The number of rotatable bonds is 2. The molecule has 1 saturated heterocycles. The minimum atomic E-state index is 0.0718. The molecule has 0 radical (unpaired) electrons. The fourth-order valence-electron chi connectivity index (χ4n) is 2.41. The van der Waals surface area contributed by atoms with Crippen LogP contribution in [0.5, 0.6) is 0 Å². The van der Waals surface area contributed by atoms with Crippen molar-refractivity contribution in [1.29, 1.82) is 0 Å². The van der Waals surface area contributed by atoms with E-state index in [4.69, 9.17) is 10.2 Å². The average molecular weight is 236 g/mol. The maximum Gasteiger partial charge on any atom is 0.257 e. The highest BCUT2D eigenvalue weighted by molar-refractivity contribution is 5.95. The van der Waals surface area contributed by atoms with E-state index in [2.05, 4.69) is 0 Å². The zero-order valence-electron chi connectivity index (χ0n) is 10.7. The molecule has 4 nitrogen and oxygen atoms in total. The van der Waals surface area contributed by atoms with Crippen molar-refractivity contribution in [3.8, 4) is 0 Å². The Kier molecular flexibility index (Phi) is 3.24. The Labute approximate surface area is 102 Å². The summed E-state index contributed by atoms with van der Waals surface area (Å²) in [5.74, 6) is 1.99. The van der Waals surface area contributed by atoms with Crippen molar-refractivity contribution in [1.82, 2.24) is 4.90 Å². The van der Waals surface area contributed by atoms with Crippen molar-refractivity contribution in [2.75, 3.05) is 13.1 Å². The Hall–Kier alpha value is -1.29. The van der Waals surface area contributed by atoms with Gasteiger partial charge in [0, 0.05) is 19.1 Å². The number of hydrogen-bond donors (Lipinski definition) is 1. The van der Waals surface area contributed by atoms with Crippen molar-refractivity contribution in [2.45, 2.75) is 33.2 Å². The van der Waals surface area contributed by atoms with Crippen LogP contribution < -0.4 is 5.73 Å². The molecule has 2 unspecified atom stereocenters. The molecule has 1 aromatic rings. The highest BCUT2D eigenvalue weighted by Crippen LogP contribution is 2.23. The first-order valence-corrected chi connectivity index (χ1v) is 6.11. The van der Waals surface area contributed by atoms with Crippen LogP contribution in [0.3, 0.4) is 0 Å². The summed E-state index contributed by atoms with van der Waals surface area (Å²) in [5.41, 5.74) is 6.56. The average Bonchev–Trinajstić information content (AvgIpc) is 2.84. The van der Waals surface area contributed by atoms with E-state index in [0.717, 1.165) is 25.3 Å². The lowest BCUT2D eigenvalue weighted by molar-refractivity contribution is 0.0784. The molecule has 4 heteroatoms. The molecule has 1 fully saturated rings. The van der Waals surface area contributed by atoms with Crippen molar-refractivity contribution < 1.29 is 9.21 Å². The molecule has 94 valence electrons. The minimum absolute atomic E-state index is 0.0718. The standard InChI is InChI=1S/C13H20N2O2/c1-8-6-12(10(3)17-8)13(16)15-5-4-11(7-15)9(2)14/h6,9,11H,4-5,7,14H2,1-3H3. The third kappa shape index (κ3) is 2.36. The highest BCUT2D eigenvalue weighted by atomic mass is 16.3. The van der Waals surface area contributed by atoms with Crippen LogP contribution in [-0.4, -0.2) is 29.9 Å². The molecule has 0 aliphatic carbocycles. The third-order valence-electron chi connectivity index (χ3n) is 3.53. The number of nitrogens with two attached hydrogens (primary N) is 1. The second-order valence-electron chi connectivity index (χ2n) is 4.99. The zero-order chi connectivity index (χ0) is 12.6.